The van der Waals surface area contributed by atoms with Gasteiger partial charge < -0.3 is 9.42 Å². The molecule has 0 saturated carbocycles. The van der Waals surface area contributed by atoms with Gasteiger partial charge in [0.1, 0.15) is 0 Å². The van der Waals surface area contributed by atoms with Crippen LogP contribution in [0.2, 0.25) is 0 Å². The fourth-order valence-corrected chi connectivity index (χ4v) is 2.98. The van der Waals surface area contributed by atoms with Crippen molar-refractivity contribution in [1.29, 1.82) is 0 Å². The molecule has 0 radical (unpaired) electrons. The van der Waals surface area contributed by atoms with E-state index in [1.165, 1.54) is 6.20 Å². The molecule has 1 aliphatic heterocycles. The topological polar surface area (TPSA) is 71.6 Å². The van der Waals surface area contributed by atoms with Crippen molar-refractivity contribution in [1.82, 2.24) is 15.0 Å². The summed E-state index contributed by atoms with van der Waals surface area (Å²) in [7, 11) is 0. The molecule has 2 aromatic rings. The summed E-state index contributed by atoms with van der Waals surface area (Å²) in [5.74, 6) is 0.151. The minimum absolute atomic E-state index is 0.0196. The Bertz CT molecular complexity index is 873. The van der Waals surface area contributed by atoms with E-state index >= 15 is 0 Å². The quantitative estimate of drug-likeness (QED) is 0.593. The van der Waals surface area contributed by atoms with Crippen LogP contribution in [-0.2, 0) is 4.79 Å². The van der Waals surface area contributed by atoms with Gasteiger partial charge in [-0.15, -0.1) is 0 Å². The summed E-state index contributed by atoms with van der Waals surface area (Å²) in [6, 6.07) is 9.60. The van der Waals surface area contributed by atoms with E-state index in [2.05, 4.69) is 21.7 Å². The average Bonchev–Trinajstić information content (AvgIpc) is 3.22. The monoisotopic (exact) mass is 368 g/mol. The lowest BCUT2D eigenvalue weighted by molar-refractivity contribution is -0.128. The lowest BCUT2D eigenvalue weighted by Gasteiger charge is -2.31. The molecular formula is C20H21FN4O2. The maximum absolute atomic E-state index is 13.1. The number of amides is 1. The summed E-state index contributed by atoms with van der Waals surface area (Å²) < 4.78 is 18.5. The van der Waals surface area contributed by atoms with Crippen molar-refractivity contribution in [2.45, 2.75) is 25.7 Å². The molecule has 1 aromatic carbocycles. The van der Waals surface area contributed by atoms with Crippen LogP contribution < -0.4 is 0 Å². The van der Waals surface area contributed by atoms with Crippen LogP contribution in [0.5, 0.6) is 0 Å². The number of aromatic nitrogens is 2. The smallest absolute Gasteiger partial charge is 0.251 e. The van der Waals surface area contributed by atoms with Crippen molar-refractivity contribution in [2.24, 2.45) is 4.99 Å². The second-order valence-corrected chi connectivity index (χ2v) is 6.38. The molecule has 1 aliphatic rings. The molecule has 0 bridgehead atoms. The maximum Gasteiger partial charge on any atom is 0.251 e. The highest BCUT2D eigenvalue weighted by Crippen LogP contribution is 2.28. The first-order chi connectivity index (χ1) is 13.1. The third kappa shape index (κ3) is 4.55. The molecular weight excluding hydrogens is 347 g/mol. The minimum Gasteiger partial charge on any atom is -0.339 e. The van der Waals surface area contributed by atoms with Crippen LogP contribution in [0.3, 0.4) is 0 Å². The number of piperidine rings is 1. The Labute approximate surface area is 157 Å². The number of carbonyl (C=O) groups excluding carboxylic acids is 1. The molecule has 27 heavy (non-hydrogen) atoms. The molecule has 1 saturated heterocycles. The first-order valence-corrected chi connectivity index (χ1v) is 8.79. The largest absolute Gasteiger partial charge is 0.339 e. The number of rotatable bonds is 5. The first kappa shape index (κ1) is 18.7. The lowest BCUT2D eigenvalue weighted by Crippen LogP contribution is -2.39. The van der Waals surface area contributed by atoms with Crippen LogP contribution in [0.4, 0.5) is 4.39 Å². The van der Waals surface area contributed by atoms with Crippen LogP contribution in [0.25, 0.3) is 11.4 Å². The highest BCUT2D eigenvalue weighted by molar-refractivity contribution is 5.93. The van der Waals surface area contributed by atoms with Gasteiger partial charge in [0.2, 0.25) is 17.7 Å². The van der Waals surface area contributed by atoms with Crippen molar-refractivity contribution in [3.8, 4) is 11.4 Å². The van der Waals surface area contributed by atoms with Gasteiger partial charge in [-0.05, 0) is 25.8 Å². The molecule has 0 unspecified atom stereocenters. The predicted molar refractivity (Wildman–Crippen MR) is 101 cm³/mol. The Morgan fingerprint density at radius 1 is 1.41 bits per heavy atom. The SMILES string of the molecule is C=CC(F)=N/C=C(\C)C(=O)N1CCC[C@H](c2nc(-c3ccccc3)no2)C1. The summed E-state index contributed by atoms with van der Waals surface area (Å²) >= 11 is 0. The number of hydrogen-bond acceptors (Lipinski definition) is 5. The highest BCUT2D eigenvalue weighted by atomic mass is 19.1. The number of benzene rings is 1. The van der Waals surface area contributed by atoms with Crippen molar-refractivity contribution in [2.75, 3.05) is 13.1 Å². The average molecular weight is 368 g/mol. The standard InChI is InChI=1S/C20H21FN4O2/c1-3-17(21)22-12-14(2)20(26)25-11-7-10-16(13-25)19-23-18(24-27-19)15-8-5-4-6-9-15/h3-6,8-9,12,16H,1,7,10-11,13H2,2H3/b14-12+,22-17?/t16-/m0/s1. The van der Waals surface area contributed by atoms with Crippen molar-refractivity contribution in [3.63, 3.8) is 0 Å². The zero-order valence-electron chi connectivity index (χ0n) is 15.1. The zero-order chi connectivity index (χ0) is 19.2. The van der Waals surface area contributed by atoms with E-state index in [-0.39, 0.29) is 11.8 Å². The fourth-order valence-electron chi connectivity index (χ4n) is 2.98. The van der Waals surface area contributed by atoms with Gasteiger partial charge in [-0.2, -0.15) is 9.37 Å². The van der Waals surface area contributed by atoms with Gasteiger partial charge in [0.15, 0.2) is 0 Å². The summed E-state index contributed by atoms with van der Waals surface area (Å²) in [5, 5.41) is 4.06. The Morgan fingerprint density at radius 2 is 2.19 bits per heavy atom. The maximum atomic E-state index is 13.1. The lowest BCUT2D eigenvalue weighted by atomic mass is 9.97. The molecule has 0 aliphatic carbocycles. The highest BCUT2D eigenvalue weighted by Gasteiger charge is 2.29. The summed E-state index contributed by atoms with van der Waals surface area (Å²) in [5.41, 5.74) is 1.25. The Hall–Kier alpha value is -3.09. The van der Waals surface area contributed by atoms with Crippen molar-refractivity contribution >= 4 is 11.9 Å². The minimum atomic E-state index is -0.724. The zero-order valence-corrected chi connectivity index (χ0v) is 15.1. The van der Waals surface area contributed by atoms with E-state index in [0.29, 0.717) is 30.4 Å². The van der Waals surface area contributed by atoms with Gasteiger partial charge in [-0.3, -0.25) is 4.79 Å². The van der Waals surface area contributed by atoms with Crippen molar-refractivity contribution in [3.05, 3.63) is 60.7 Å². The van der Waals surface area contributed by atoms with E-state index < -0.39 is 5.97 Å². The third-order valence-electron chi connectivity index (χ3n) is 4.42. The summed E-state index contributed by atoms with van der Waals surface area (Å²) in [4.78, 5) is 22.3. The molecule has 1 fully saturated rings. The molecule has 1 atom stereocenters. The molecule has 3 rings (SSSR count). The van der Waals surface area contributed by atoms with Crippen LogP contribution in [0.15, 0.2) is 64.3 Å². The third-order valence-corrected chi connectivity index (χ3v) is 4.42. The van der Waals surface area contributed by atoms with E-state index in [9.17, 15) is 9.18 Å². The second kappa shape index (κ2) is 8.53. The van der Waals surface area contributed by atoms with Gasteiger partial charge in [0.25, 0.3) is 5.91 Å². The summed E-state index contributed by atoms with van der Waals surface area (Å²) in [6.45, 7) is 6.02. The number of aliphatic imine (C=N–C) groups is 1. The number of likely N-dealkylation sites (tertiary alicyclic amines) is 1. The number of hydrogen-bond donors (Lipinski definition) is 0. The molecule has 7 heteroatoms. The number of carbonyl (C=O) groups is 1. The Balaban J connectivity index is 1.70. The van der Waals surface area contributed by atoms with E-state index in [0.717, 1.165) is 24.5 Å². The first-order valence-electron chi connectivity index (χ1n) is 8.79. The molecule has 1 amide bonds. The molecule has 0 N–H and O–H groups in total. The molecule has 6 nitrogen and oxygen atoms in total. The molecule has 0 spiro atoms. The number of halogens is 1. The fraction of sp³-hybridized carbons (Fsp3) is 0.300. The molecule has 140 valence electrons. The van der Waals surface area contributed by atoms with Crippen molar-refractivity contribution < 1.29 is 13.7 Å². The van der Waals surface area contributed by atoms with E-state index in [4.69, 9.17) is 4.52 Å². The predicted octanol–water partition coefficient (Wildman–Crippen LogP) is 3.90. The second-order valence-electron chi connectivity index (χ2n) is 6.38. The van der Waals surface area contributed by atoms with Gasteiger partial charge >= 0.3 is 0 Å². The Kier molecular flexibility index (Phi) is 5.90. The van der Waals surface area contributed by atoms with Gasteiger partial charge in [-0.1, -0.05) is 42.1 Å². The van der Waals surface area contributed by atoms with E-state index in [1.807, 2.05) is 30.3 Å². The van der Waals surface area contributed by atoms with Gasteiger partial charge in [0.05, 0.1) is 5.92 Å². The van der Waals surface area contributed by atoms with Gasteiger partial charge in [0, 0.05) is 30.4 Å². The van der Waals surface area contributed by atoms with Crippen LogP contribution in [0.1, 0.15) is 31.6 Å². The Morgan fingerprint density at radius 3 is 2.93 bits per heavy atom. The normalized spacial score (nSPS) is 18.4. The molecule has 1 aromatic heterocycles. The number of nitrogens with zero attached hydrogens (tertiary/aromatic N) is 4. The van der Waals surface area contributed by atoms with Crippen LogP contribution >= 0.6 is 0 Å². The number of allylic oxidation sites excluding steroid dienone is 1. The van der Waals surface area contributed by atoms with Gasteiger partial charge in [-0.25, -0.2) is 4.99 Å². The molecule has 2 heterocycles. The van der Waals surface area contributed by atoms with E-state index in [1.54, 1.807) is 11.8 Å². The van der Waals surface area contributed by atoms with Crippen LogP contribution in [-0.4, -0.2) is 40.0 Å². The van der Waals surface area contributed by atoms with Crippen LogP contribution in [0, 0.1) is 0 Å². The summed E-state index contributed by atoms with van der Waals surface area (Å²) in [6.07, 6.45) is 3.91.